The third-order valence-electron chi connectivity index (χ3n) is 1.95. The van der Waals surface area contributed by atoms with Gasteiger partial charge in [-0.2, -0.15) is 5.10 Å². The van der Waals surface area contributed by atoms with Crippen LogP contribution in [-0.2, 0) is 0 Å². The molecule has 0 aliphatic carbocycles. The van der Waals surface area contributed by atoms with Gasteiger partial charge in [0, 0.05) is 23.7 Å². The smallest absolute Gasteiger partial charge is 0.270 e. The summed E-state index contributed by atoms with van der Waals surface area (Å²) in [7, 11) is 0. The maximum Gasteiger partial charge on any atom is 0.270 e. The van der Waals surface area contributed by atoms with Crippen LogP contribution in [0.1, 0.15) is 0 Å². The summed E-state index contributed by atoms with van der Waals surface area (Å²) in [4.78, 5) is 10.0. The lowest BCUT2D eigenvalue weighted by Crippen LogP contribution is -2.20. The highest BCUT2D eigenvalue weighted by atomic mass is 16.6. The van der Waals surface area contributed by atoms with Crippen molar-refractivity contribution in [1.29, 1.82) is 5.41 Å². The molecule has 0 saturated carbocycles. The van der Waals surface area contributed by atoms with E-state index in [2.05, 4.69) is 5.10 Å². The fourth-order valence-electron chi connectivity index (χ4n) is 1.25. The van der Waals surface area contributed by atoms with Crippen LogP contribution in [-0.4, -0.2) is 20.7 Å². The molecule has 15 heavy (non-hydrogen) atoms. The van der Waals surface area contributed by atoms with Crippen molar-refractivity contribution in [2.75, 3.05) is 0 Å². The number of rotatable bonds is 1. The van der Waals surface area contributed by atoms with Gasteiger partial charge in [0.15, 0.2) is 0 Å². The van der Waals surface area contributed by atoms with E-state index in [-0.39, 0.29) is 11.6 Å². The van der Waals surface area contributed by atoms with Gasteiger partial charge in [0.1, 0.15) is 0 Å². The Kier molecular flexibility index (Phi) is 1.86. The number of benzene rings is 1. The quantitative estimate of drug-likeness (QED) is 0.308. The minimum absolute atomic E-state index is 0.00870. The van der Waals surface area contributed by atoms with Gasteiger partial charge in [0.2, 0.25) is 5.96 Å². The molecule has 1 heterocycles. The Bertz CT molecular complexity index is 547. The molecular weight excluding hydrogens is 198 g/mol. The first-order valence-corrected chi connectivity index (χ1v) is 4.06. The van der Waals surface area contributed by atoms with Gasteiger partial charge in [-0.3, -0.25) is 15.5 Å². The number of hydrogen-bond donors (Lipinski definition) is 2. The van der Waals surface area contributed by atoms with Crippen molar-refractivity contribution in [3.63, 3.8) is 0 Å². The van der Waals surface area contributed by atoms with E-state index < -0.39 is 4.92 Å². The molecule has 0 spiro atoms. The van der Waals surface area contributed by atoms with Gasteiger partial charge in [0.25, 0.3) is 5.69 Å². The van der Waals surface area contributed by atoms with Crippen LogP contribution < -0.4 is 5.73 Å². The average Bonchev–Trinajstić information content (AvgIpc) is 2.59. The van der Waals surface area contributed by atoms with Crippen molar-refractivity contribution >= 4 is 22.5 Å². The van der Waals surface area contributed by atoms with E-state index in [4.69, 9.17) is 11.1 Å². The first-order valence-electron chi connectivity index (χ1n) is 4.06. The zero-order chi connectivity index (χ0) is 11.0. The number of fused-ring (bicyclic) bond motifs is 1. The van der Waals surface area contributed by atoms with Gasteiger partial charge in [-0.15, -0.1) is 0 Å². The van der Waals surface area contributed by atoms with Gasteiger partial charge in [-0.25, -0.2) is 4.68 Å². The molecule has 1 aromatic carbocycles. The average molecular weight is 205 g/mol. The lowest BCUT2D eigenvalue weighted by Gasteiger charge is -1.91. The monoisotopic (exact) mass is 205 g/mol. The lowest BCUT2D eigenvalue weighted by molar-refractivity contribution is -0.384. The summed E-state index contributed by atoms with van der Waals surface area (Å²) >= 11 is 0. The summed E-state index contributed by atoms with van der Waals surface area (Å²) in [5.41, 5.74) is 5.78. The molecule has 0 aliphatic heterocycles. The van der Waals surface area contributed by atoms with Gasteiger partial charge >= 0.3 is 0 Å². The molecule has 0 unspecified atom stereocenters. The number of hydrogen-bond acceptors (Lipinski definition) is 4. The Morgan fingerprint density at radius 1 is 1.60 bits per heavy atom. The van der Waals surface area contributed by atoms with Crippen molar-refractivity contribution in [1.82, 2.24) is 9.78 Å². The molecule has 3 N–H and O–H groups in total. The molecule has 0 fully saturated rings. The third kappa shape index (κ3) is 1.50. The van der Waals surface area contributed by atoms with Gasteiger partial charge in [0.05, 0.1) is 10.4 Å². The third-order valence-corrected chi connectivity index (χ3v) is 1.95. The minimum Gasteiger partial charge on any atom is -0.368 e. The number of nitrogens with zero attached hydrogens (tertiary/aromatic N) is 3. The van der Waals surface area contributed by atoms with Crippen molar-refractivity contribution in [2.45, 2.75) is 0 Å². The standard InChI is InChI=1S/C8H7N5O2/c9-8(10)12-4-5-3-6(13(14)15)1-2-7(5)11-12/h1-4H,(H3,9,10). The highest BCUT2D eigenvalue weighted by Crippen LogP contribution is 2.19. The summed E-state index contributed by atoms with van der Waals surface area (Å²) in [6, 6.07) is 4.27. The predicted molar refractivity (Wildman–Crippen MR) is 53.7 cm³/mol. The van der Waals surface area contributed by atoms with Crippen LogP contribution in [0.15, 0.2) is 24.4 Å². The molecule has 0 atom stereocenters. The summed E-state index contributed by atoms with van der Waals surface area (Å²) in [5, 5.41) is 22.2. The Morgan fingerprint density at radius 2 is 2.33 bits per heavy atom. The second-order valence-electron chi connectivity index (χ2n) is 2.96. The molecule has 76 valence electrons. The number of nitrogens with one attached hydrogen (secondary N) is 1. The normalized spacial score (nSPS) is 10.4. The van der Waals surface area contributed by atoms with Gasteiger partial charge < -0.3 is 5.73 Å². The Balaban J connectivity index is 2.62. The maximum atomic E-state index is 10.5. The second-order valence-corrected chi connectivity index (χ2v) is 2.96. The maximum absolute atomic E-state index is 10.5. The Morgan fingerprint density at radius 3 is 2.93 bits per heavy atom. The van der Waals surface area contributed by atoms with E-state index in [1.165, 1.54) is 24.4 Å². The molecule has 2 aromatic rings. The van der Waals surface area contributed by atoms with Crippen LogP contribution in [0.25, 0.3) is 10.9 Å². The molecule has 0 bridgehead atoms. The first-order chi connectivity index (χ1) is 7.08. The summed E-state index contributed by atoms with van der Waals surface area (Å²) in [5.74, 6) is -0.228. The zero-order valence-electron chi connectivity index (χ0n) is 7.54. The van der Waals surface area contributed by atoms with E-state index in [1.54, 1.807) is 0 Å². The molecule has 1 aromatic heterocycles. The summed E-state index contributed by atoms with van der Waals surface area (Å²) in [6.07, 6.45) is 1.48. The number of nitro groups is 1. The van der Waals surface area contributed by atoms with Crippen LogP contribution in [0.5, 0.6) is 0 Å². The topological polar surface area (TPSA) is 111 Å². The number of nitrogen functional groups attached to an aromatic ring is 1. The van der Waals surface area contributed by atoms with Crippen LogP contribution in [0.4, 0.5) is 5.69 Å². The summed E-state index contributed by atoms with van der Waals surface area (Å²) < 4.78 is 1.16. The fraction of sp³-hybridized carbons (Fsp3) is 0. The van der Waals surface area contributed by atoms with Gasteiger partial charge in [-0.05, 0) is 6.07 Å². The zero-order valence-corrected chi connectivity index (χ0v) is 7.54. The Labute approximate surface area is 83.8 Å². The lowest BCUT2D eigenvalue weighted by atomic mass is 10.2. The molecule has 2 rings (SSSR count). The predicted octanol–water partition coefficient (Wildman–Crippen LogP) is 0.686. The molecule has 0 aliphatic rings. The van der Waals surface area contributed by atoms with Crippen LogP contribution in [0, 0.1) is 15.5 Å². The van der Waals surface area contributed by atoms with E-state index in [1.807, 2.05) is 0 Å². The van der Waals surface area contributed by atoms with Crippen molar-refractivity contribution < 1.29 is 4.92 Å². The number of aromatic nitrogens is 2. The molecule has 7 nitrogen and oxygen atoms in total. The SMILES string of the molecule is N=C(N)n1cc2cc([N+](=O)[O-])ccc2n1. The molecule has 7 heteroatoms. The van der Waals surface area contributed by atoms with Gasteiger partial charge in [-0.1, -0.05) is 0 Å². The second kappa shape index (κ2) is 3.05. The van der Waals surface area contributed by atoms with Crippen LogP contribution in [0.2, 0.25) is 0 Å². The highest BCUT2D eigenvalue weighted by molar-refractivity contribution is 5.85. The molecular formula is C8H7N5O2. The number of nitro benzene ring substituents is 1. The number of nitrogens with two attached hydrogens (primary N) is 1. The highest BCUT2D eigenvalue weighted by Gasteiger charge is 2.09. The molecule has 0 radical (unpaired) electrons. The fourth-order valence-corrected chi connectivity index (χ4v) is 1.25. The Hall–Kier alpha value is -2.44. The van der Waals surface area contributed by atoms with Crippen LogP contribution >= 0.6 is 0 Å². The van der Waals surface area contributed by atoms with Crippen molar-refractivity contribution in [3.8, 4) is 0 Å². The van der Waals surface area contributed by atoms with E-state index in [0.717, 1.165) is 4.68 Å². The minimum atomic E-state index is -0.482. The van der Waals surface area contributed by atoms with E-state index in [9.17, 15) is 10.1 Å². The summed E-state index contributed by atoms with van der Waals surface area (Å²) in [6.45, 7) is 0. The van der Waals surface area contributed by atoms with Crippen LogP contribution in [0.3, 0.4) is 0 Å². The largest absolute Gasteiger partial charge is 0.368 e. The van der Waals surface area contributed by atoms with E-state index in [0.29, 0.717) is 10.9 Å². The number of non-ortho nitro benzene ring substituents is 1. The van der Waals surface area contributed by atoms with Crippen molar-refractivity contribution in [2.24, 2.45) is 5.73 Å². The molecule has 0 amide bonds. The van der Waals surface area contributed by atoms with Crippen molar-refractivity contribution in [3.05, 3.63) is 34.5 Å². The first kappa shape index (κ1) is 9.13. The van der Waals surface area contributed by atoms with E-state index >= 15 is 0 Å². The molecule has 0 saturated heterocycles.